The predicted molar refractivity (Wildman–Crippen MR) is 73.3 cm³/mol. The standard InChI is InChI=1S/C13H19FN2O.ClH/c1-9(15)12(17)16-8-13(2,3)10-4-6-11(14)7-5-10;/h4-7,9H,8,15H2,1-3H3,(H,16,17);1H/t9-;/m1./s1. The van der Waals surface area contributed by atoms with Gasteiger partial charge in [0.1, 0.15) is 5.82 Å². The van der Waals surface area contributed by atoms with Gasteiger partial charge in [0.25, 0.3) is 0 Å². The fraction of sp³-hybridized carbons (Fsp3) is 0.462. The maximum atomic E-state index is 12.8. The van der Waals surface area contributed by atoms with Crippen LogP contribution in [0.15, 0.2) is 24.3 Å². The Balaban J connectivity index is 0.00000289. The molecule has 0 spiro atoms. The lowest BCUT2D eigenvalue weighted by Gasteiger charge is -2.26. The molecule has 102 valence electrons. The molecule has 0 heterocycles. The highest BCUT2D eigenvalue weighted by atomic mass is 35.5. The Morgan fingerprint density at radius 3 is 2.33 bits per heavy atom. The Morgan fingerprint density at radius 1 is 1.39 bits per heavy atom. The fourth-order valence-electron chi connectivity index (χ4n) is 1.47. The summed E-state index contributed by atoms with van der Waals surface area (Å²) in [6.07, 6.45) is 0. The van der Waals surface area contributed by atoms with Gasteiger partial charge >= 0.3 is 0 Å². The van der Waals surface area contributed by atoms with Crippen LogP contribution in [0.3, 0.4) is 0 Å². The number of carbonyl (C=O) groups is 1. The highest BCUT2D eigenvalue weighted by molar-refractivity contribution is 5.85. The minimum Gasteiger partial charge on any atom is -0.354 e. The molecule has 5 heteroatoms. The molecule has 0 saturated heterocycles. The number of benzene rings is 1. The van der Waals surface area contributed by atoms with Crippen LogP contribution in [0, 0.1) is 5.82 Å². The zero-order chi connectivity index (χ0) is 13.1. The van der Waals surface area contributed by atoms with Crippen LogP contribution in [0.2, 0.25) is 0 Å². The lowest BCUT2D eigenvalue weighted by atomic mass is 9.84. The van der Waals surface area contributed by atoms with E-state index in [1.165, 1.54) is 12.1 Å². The minimum absolute atomic E-state index is 0. The summed E-state index contributed by atoms with van der Waals surface area (Å²) in [5.74, 6) is -0.440. The molecule has 0 aliphatic rings. The third-order valence-corrected chi connectivity index (χ3v) is 2.74. The van der Waals surface area contributed by atoms with Crippen LogP contribution in [0.5, 0.6) is 0 Å². The summed E-state index contributed by atoms with van der Waals surface area (Å²) in [6.45, 7) is 6.09. The minimum atomic E-state index is -0.515. The molecule has 0 bridgehead atoms. The smallest absolute Gasteiger partial charge is 0.236 e. The molecule has 0 saturated carbocycles. The lowest BCUT2D eigenvalue weighted by molar-refractivity contribution is -0.122. The average Bonchev–Trinajstić information content (AvgIpc) is 2.26. The first-order valence-electron chi connectivity index (χ1n) is 5.62. The summed E-state index contributed by atoms with van der Waals surface area (Å²) < 4.78 is 12.8. The van der Waals surface area contributed by atoms with E-state index in [4.69, 9.17) is 5.73 Å². The van der Waals surface area contributed by atoms with Gasteiger partial charge < -0.3 is 11.1 Å². The molecule has 3 nitrogen and oxygen atoms in total. The molecule has 1 aromatic rings. The molecule has 1 amide bonds. The number of rotatable bonds is 4. The molecule has 0 aliphatic heterocycles. The van der Waals surface area contributed by atoms with Crippen LogP contribution in [-0.2, 0) is 10.2 Å². The third-order valence-electron chi connectivity index (χ3n) is 2.74. The van der Waals surface area contributed by atoms with Gasteiger partial charge in [-0.2, -0.15) is 0 Å². The maximum Gasteiger partial charge on any atom is 0.236 e. The van der Waals surface area contributed by atoms with Crippen LogP contribution >= 0.6 is 12.4 Å². The zero-order valence-corrected chi connectivity index (χ0v) is 11.7. The van der Waals surface area contributed by atoms with Crippen LogP contribution in [0.4, 0.5) is 4.39 Å². The van der Waals surface area contributed by atoms with Gasteiger partial charge in [0.05, 0.1) is 6.04 Å². The maximum absolute atomic E-state index is 12.8. The van der Waals surface area contributed by atoms with E-state index >= 15 is 0 Å². The second-order valence-corrected chi connectivity index (χ2v) is 4.90. The van der Waals surface area contributed by atoms with E-state index < -0.39 is 6.04 Å². The monoisotopic (exact) mass is 274 g/mol. The molecule has 18 heavy (non-hydrogen) atoms. The molecule has 0 aliphatic carbocycles. The SMILES string of the molecule is C[C@@H](N)C(=O)NCC(C)(C)c1ccc(F)cc1.Cl. The summed E-state index contributed by atoms with van der Waals surface area (Å²) in [7, 11) is 0. The van der Waals surface area contributed by atoms with E-state index in [2.05, 4.69) is 5.32 Å². The fourth-order valence-corrected chi connectivity index (χ4v) is 1.47. The highest BCUT2D eigenvalue weighted by Gasteiger charge is 2.22. The van der Waals surface area contributed by atoms with Crippen molar-refractivity contribution in [2.75, 3.05) is 6.54 Å². The van der Waals surface area contributed by atoms with Crippen molar-refractivity contribution in [3.8, 4) is 0 Å². The Labute approximate surface area is 113 Å². The van der Waals surface area contributed by atoms with Crippen molar-refractivity contribution in [3.05, 3.63) is 35.6 Å². The van der Waals surface area contributed by atoms with E-state index in [0.29, 0.717) is 6.54 Å². The first kappa shape index (κ1) is 16.9. The molecule has 0 unspecified atom stereocenters. The van der Waals surface area contributed by atoms with E-state index in [-0.39, 0.29) is 29.5 Å². The van der Waals surface area contributed by atoms with Crippen molar-refractivity contribution in [1.29, 1.82) is 0 Å². The van der Waals surface area contributed by atoms with Crippen LogP contribution in [0.1, 0.15) is 26.3 Å². The lowest BCUT2D eigenvalue weighted by Crippen LogP contribution is -2.43. The molecule has 1 atom stereocenters. The quantitative estimate of drug-likeness (QED) is 0.882. The summed E-state index contributed by atoms with van der Waals surface area (Å²) in [5.41, 5.74) is 6.19. The number of hydrogen-bond donors (Lipinski definition) is 2. The van der Waals surface area contributed by atoms with Gasteiger partial charge in [-0.05, 0) is 24.6 Å². The largest absolute Gasteiger partial charge is 0.354 e. The molecular formula is C13H20ClFN2O. The van der Waals surface area contributed by atoms with E-state index in [9.17, 15) is 9.18 Å². The van der Waals surface area contributed by atoms with Gasteiger partial charge in [-0.25, -0.2) is 4.39 Å². The first-order valence-corrected chi connectivity index (χ1v) is 5.62. The number of carbonyl (C=O) groups excluding carboxylic acids is 1. The van der Waals surface area contributed by atoms with Crippen LogP contribution in [-0.4, -0.2) is 18.5 Å². The van der Waals surface area contributed by atoms with Crippen molar-refractivity contribution in [3.63, 3.8) is 0 Å². The molecule has 1 rings (SSSR count). The van der Waals surface area contributed by atoms with Gasteiger partial charge in [0.2, 0.25) is 5.91 Å². The highest BCUT2D eigenvalue weighted by Crippen LogP contribution is 2.22. The molecule has 0 radical (unpaired) electrons. The van der Waals surface area contributed by atoms with Crippen LogP contribution < -0.4 is 11.1 Å². The summed E-state index contributed by atoms with van der Waals surface area (Å²) in [4.78, 5) is 11.4. The number of nitrogens with two attached hydrogens (primary N) is 1. The summed E-state index contributed by atoms with van der Waals surface area (Å²) in [5, 5.41) is 2.78. The summed E-state index contributed by atoms with van der Waals surface area (Å²) in [6, 6.07) is 5.79. The normalized spacial score (nSPS) is 12.5. The van der Waals surface area contributed by atoms with Crippen molar-refractivity contribution in [2.24, 2.45) is 5.73 Å². The molecule has 1 aromatic carbocycles. The number of nitrogens with one attached hydrogen (secondary N) is 1. The van der Waals surface area contributed by atoms with Gasteiger partial charge in [-0.1, -0.05) is 26.0 Å². The Morgan fingerprint density at radius 2 is 1.89 bits per heavy atom. The van der Waals surface area contributed by atoms with Gasteiger partial charge in [-0.15, -0.1) is 12.4 Å². The topological polar surface area (TPSA) is 55.1 Å². The van der Waals surface area contributed by atoms with Crippen LogP contribution in [0.25, 0.3) is 0 Å². The van der Waals surface area contributed by atoms with E-state index in [0.717, 1.165) is 5.56 Å². The second-order valence-electron chi connectivity index (χ2n) is 4.90. The molecule has 0 aromatic heterocycles. The second kappa shape index (κ2) is 6.71. The zero-order valence-electron chi connectivity index (χ0n) is 10.9. The van der Waals surface area contributed by atoms with E-state index in [1.54, 1.807) is 19.1 Å². The Kier molecular flexibility index (Phi) is 6.29. The Bertz CT molecular complexity index is 390. The molecule has 0 fully saturated rings. The average molecular weight is 275 g/mol. The molecular weight excluding hydrogens is 255 g/mol. The predicted octanol–water partition coefficient (Wildman–Crippen LogP) is 1.99. The van der Waals surface area contributed by atoms with Crippen molar-refractivity contribution < 1.29 is 9.18 Å². The van der Waals surface area contributed by atoms with Gasteiger partial charge in [-0.3, -0.25) is 4.79 Å². The van der Waals surface area contributed by atoms with Crippen molar-refractivity contribution >= 4 is 18.3 Å². The number of halogens is 2. The summed E-state index contributed by atoms with van der Waals surface area (Å²) >= 11 is 0. The molecule has 3 N–H and O–H groups in total. The van der Waals surface area contributed by atoms with Gasteiger partial charge in [0.15, 0.2) is 0 Å². The van der Waals surface area contributed by atoms with Gasteiger partial charge in [0, 0.05) is 12.0 Å². The third kappa shape index (κ3) is 4.63. The number of hydrogen-bond acceptors (Lipinski definition) is 2. The van der Waals surface area contributed by atoms with E-state index in [1.807, 2.05) is 13.8 Å². The first-order chi connectivity index (χ1) is 7.83. The van der Waals surface area contributed by atoms with Crippen molar-refractivity contribution in [1.82, 2.24) is 5.32 Å². The van der Waals surface area contributed by atoms with Crippen molar-refractivity contribution in [2.45, 2.75) is 32.2 Å². The Hall–Kier alpha value is -1.13. The number of amides is 1.